The minimum atomic E-state index is -1.63. The Morgan fingerprint density at radius 2 is 2.12 bits per heavy atom. The summed E-state index contributed by atoms with van der Waals surface area (Å²) in [6, 6.07) is 4.42. The van der Waals surface area contributed by atoms with Gasteiger partial charge >= 0.3 is 7.12 Å². The lowest BCUT2D eigenvalue weighted by Gasteiger charge is -2.09. The summed E-state index contributed by atoms with van der Waals surface area (Å²) in [4.78, 5) is 11.7. The molecule has 0 aliphatic carbocycles. The summed E-state index contributed by atoms with van der Waals surface area (Å²) < 4.78 is 4.98. The molecule has 17 heavy (non-hydrogen) atoms. The molecule has 0 amide bonds. The molecule has 0 heterocycles. The van der Waals surface area contributed by atoms with E-state index in [0.717, 1.165) is 0 Å². The summed E-state index contributed by atoms with van der Waals surface area (Å²) in [6.07, 6.45) is 0.659. The highest BCUT2D eigenvalue weighted by molar-refractivity contribution is 6.59. The number of aliphatic hydroxyl groups excluding tert-OH is 1. The van der Waals surface area contributed by atoms with Crippen molar-refractivity contribution < 1.29 is 24.7 Å². The third kappa shape index (κ3) is 3.56. The first-order valence-electron chi connectivity index (χ1n) is 5.28. The Morgan fingerprint density at radius 1 is 1.41 bits per heavy atom. The van der Waals surface area contributed by atoms with E-state index in [1.807, 2.05) is 0 Å². The summed E-state index contributed by atoms with van der Waals surface area (Å²) in [5.74, 6) is 0.145. The van der Waals surface area contributed by atoms with E-state index in [2.05, 4.69) is 0 Å². The Morgan fingerprint density at radius 3 is 2.65 bits per heavy atom. The highest BCUT2D eigenvalue weighted by Gasteiger charge is 2.18. The molecule has 5 nitrogen and oxygen atoms in total. The molecule has 0 aliphatic heterocycles. The second-order valence-corrected chi connectivity index (χ2v) is 3.58. The van der Waals surface area contributed by atoms with Crippen LogP contribution in [0.4, 0.5) is 0 Å². The second-order valence-electron chi connectivity index (χ2n) is 3.58. The number of carbonyl (C=O) groups excluding carboxylic acids is 1. The van der Waals surface area contributed by atoms with Crippen LogP contribution >= 0.6 is 0 Å². The smallest absolute Gasteiger partial charge is 0.492 e. The van der Waals surface area contributed by atoms with Crippen molar-refractivity contribution in [2.45, 2.75) is 12.8 Å². The molecule has 0 spiro atoms. The molecule has 0 fully saturated rings. The minimum Gasteiger partial charge on any atom is -0.497 e. The van der Waals surface area contributed by atoms with Crippen LogP contribution in [0, 0.1) is 0 Å². The molecule has 1 rings (SSSR count). The highest BCUT2D eigenvalue weighted by Crippen LogP contribution is 2.13. The third-order valence-electron chi connectivity index (χ3n) is 2.40. The van der Waals surface area contributed by atoms with Crippen LogP contribution in [0.5, 0.6) is 5.75 Å². The van der Waals surface area contributed by atoms with E-state index in [0.29, 0.717) is 12.0 Å². The molecule has 92 valence electrons. The molecular formula is C11H15BO5. The van der Waals surface area contributed by atoms with Crippen molar-refractivity contribution in [3.05, 3.63) is 23.8 Å². The fourth-order valence-corrected chi connectivity index (χ4v) is 1.48. The van der Waals surface area contributed by atoms with Gasteiger partial charge in [-0.15, -0.1) is 0 Å². The van der Waals surface area contributed by atoms with Crippen LogP contribution < -0.4 is 10.2 Å². The van der Waals surface area contributed by atoms with E-state index in [1.54, 1.807) is 0 Å². The molecule has 1 aromatic carbocycles. The van der Waals surface area contributed by atoms with Crippen LogP contribution in [-0.2, 0) is 0 Å². The van der Waals surface area contributed by atoms with Gasteiger partial charge in [-0.1, -0.05) is 12.1 Å². The van der Waals surface area contributed by atoms with E-state index in [4.69, 9.17) is 19.9 Å². The number of hydrogen-bond acceptors (Lipinski definition) is 5. The van der Waals surface area contributed by atoms with Crippen LogP contribution in [0.15, 0.2) is 18.2 Å². The Hall–Kier alpha value is -1.37. The Labute approximate surface area is 99.8 Å². The normalized spacial score (nSPS) is 10.1. The molecule has 3 N–H and O–H groups in total. The maximum Gasteiger partial charge on any atom is 0.492 e. The molecule has 0 aromatic heterocycles. The molecule has 0 saturated heterocycles. The van der Waals surface area contributed by atoms with Gasteiger partial charge in [0.2, 0.25) is 0 Å². The van der Waals surface area contributed by atoms with Gasteiger partial charge in [0.05, 0.1) is 7.11 Å². The van der Waals surface area contributed by atoms with Crippen LogP contribution in [0.25, 0.3) is 0 Å². The topological polar surface area (TPSA) is 87.0 Å². The van der Waals surface area contributed by atoms with Gasteiger partial charge in [-0.3, -0.25) is 4.79 Å². The summed E-state index contributed by atoms with van der Waals surface area (Å²) in [7, 11) is -0.241. The number of rotatable bonds is 6. The summed E-state index contributed by atoms with van der Waals surface area (Å²) in [5, 5.41) is 26.8. The van der Waals surface area contributed by atoms with E-state index in [9.17, 15) is 4.79 Å². The largest absolute Gasteiger partial charge is 0.497 e. The van der Waals surface area contributed by atoms with Gasteiger partial charge in [0.25, 0.3) is 0 Å². The molecular weight excluding hydrogens is 223 g/mol. The lowest BCUT2D eigenvalue weighted by Crippen LogP contribution is -2.31. The first kappa shape index (κ1) is 13.7. The van der Waals surface area contributed by atoms with Gasteiger partial charge in [0.15, 0.2) is 5.78 Å². The lowest BCUT2D eigenvalue weighted by atomic mass is 9.79. The standard InChI is InChI=1S/C11H15BO5/c1-17-11-7-8(10(14)3-2-6-13)4-5-9(11)12(15)16/h4-5,7,13,15-16H,2-3,6H2,1H3. The monoisotopic (exact) mass is 238 g/mol. The van der Waals surface area contributed by atoms with Crippen molar-refractivity contribution in [1.29, 1.82) is 0 Å². The molecule has 0 saturated carbocycles. The van der Waals surface area contributed by atoms with Crippen molar-refractivity contribution in [3.8, 4) is 5.75 Å². The Bertz CT molecular complexity index is 391. The number of hydrogen-bond donors (Lipinski definition) is 3. The van der Waals surface area contributed by atoms with E-state index < -0.39 is 7.12 Å². The number of ketones is 1. The second kappa shape index (κ2) is 6.39. The molecule has 0 radical (unpaired) electrons. The predicted octanol–water partition coefficient (Wildman–Crippen LogP) is -0.670. The van der Waals surface area contributed by atoms with Crippen molar-refractivity contribution in [2.24, 2.45) is 0 Å². The average Bonchev–Trinajstić information content (AvgIpc) is 2.34. The minimum absolute atomic E-state index is 0.0314. The number of aliphatic hydroxyl groups is 1. The number of benzene rings is 1. The van der Waals surface area contributed by atoms with Crippen LogP contribution in [-0.4, -0.2) is 41.8 Å². The van der Waals surface area contributed by atoms with Gasteiger partial charge in [-0.2, -0.15) is 0 Å². The van der Waals surface area contributed by atoms with Gasteiger partial charge in [-0.05, 0) is 12.5 Å². The lowest BCUT2D eigenvalue weighted by molar-refractivity contribution is 0.0971. The number of carbonyl (C=O) groups is 1. The van der Waals surface area contributed by atoms with Gasteiger partial charge in [0, 0.05) is 24.1 Å². The van der Waals surface area contributed by atoms with E-state index in [1.165, 1.54) is 25.3 Å². The molecule has 1 aromatic rings. The number of Topliss-reactive ketones (excluding diaryl/α,β-unsaturated/α-hetero) is 1. The first-order valence-corrected chi connectivity index (χ1v) is 5.28. The molecule has 0 atom stereocenters. The summed E-state index contributed by atoms with van der Waals surface area (Å²) >= 11 is 0. The Balaban J connectivity index is 2.93. The zero-order chi connectivity index (χ0) is 12.8. The average molecular weight is 238 g/mol. The molecule has 0 aliphatic rings. The van der Waals surface area contributed by atoms with Gasteiger partial charge < -0.3 is 19.9 Å². The summed E-state index contributed by atoms with van der Waals surface area (Å²) in [5.41, 5.74) is 0.644. The van der Waals surface area contributed by atoms with Crippen molar-refractivity contribution in [1.82, 2.24) is 0 Å². The van der Waals surface area contributed by atoms with E-state index >= 15 is 0 Å². The van der Waals surface area contributed by atoms with Crippen molar-refractivity contribution >= 4 is 18.4 Å². The van der Waals surface area contributed by atoms with Crippen LogP contribution in [0.2, 0.25) is 0 Å². The molecule has 0 bridgehead atoms. The fraction of sp³-hybridized carbons (Fsp3) is 0.364. The number of ether oxygens (including phenoxy) is 1. The Kier molecular flexibility index (Phi) is 5.15. The predicted molar refractivity (Wildman–Crippen MR) is 63.5 cm³/mol. The maximum atomic E-state index is 11.7. The quantitative estimate of drug-likeness (QED) is 0.452. The third-order valence-corrected chi connectivity index (χ3v) is 2.40. The van der Waals surface area contributed by atoms with Crippen LogP contribution in [0.3, 0.4) is 0 Å². The zero-order valence-electron chi connectivity index (χ0n) is 9.59. The van der Waals surface area contributed by atoms with Crippen molar-refractivity contribution in [3.63, 3.8) is 0 Å². The fourth-order valence-electron chi connectivity index (χ4n) is 1.48. The van der Waals surface area contributed by atoms with Crippen molar-refractivity contribution in [2.75, 3.05) is 13.7 Å². The van der Waals surface area contributed by atoms with Gasteiger partial charge in [-0.25, -0.2) is 0 Å². The first-order chi connectivity index (χ1) is 8.10. The molecule has 6 heteroatoms. The summed E-state index contributed by atoms with van der Waals surface area (Å²) in [6.45, 7) is -0.0314. The molecule has 0 unspecified atom stereocenters. The number of methoxy groups -OCH3 is 1. The van der Waals surface area contributed by atoms with Crippen LogP contribution in [0.1, 0.15) is 23.2 Å². The van der Waals surface area contributed by atoms with E-state index in [-0.39, 0.29) is 30.0 Å². The maximum absolute atomic E-state index is 11.7. The highest BCUT2D eigenvalue weighted by atomic mass is 16.5. The SMILES string of the molecule is COc1cc(C(=O)CCCO)ccc1B(O)O. The van der Waals surface area contributed by atoms with Gasteiger partial charge in [0.1, 0.15) is 5.75 Å². The zero-order valence-corrected chi connectivity index (χ0v) is 9.59.